The summed E-state index contributed by atoms with van der Waals surface area (Å²) in [4.78, 5) is 0. The van der Waals surface area contributed by atoms with Crippen LogP contribution >= 0.6 is 0 Å². The van der Waals surface area contributed by atoms with Crippen molar-refractivity contribution in [2.45, 2.75) is 26.5 Å². The molecule has 3 aromatic rings. The Morgan fingerprint density at radius 2 is 1.79 bits per heavy atom. The minimum absolute atomic E-state index is 0.0826. The van der Waals surface area contributed by atoms with E-state index in [9.17, 15) is 5.11 Å². The Morgan fingerprint density at radius 1 is 0.958 bits per heavy atom. The van der Waals surface area contributed by atoms with Crippen LogP contribution in [-0.4, -0.2) is 9.67 Å². The predicted octanol–water partition coefficient (Wildman–Crippen LogP) is 4.86. The maximum absolute atomic E-state index is 9.36. The number of hydrogen-bond donors (Lipinski definition) is 1. The van der Waals surface area contributed by atoms with Crippen molar-refractivity contribution >= 4 is 10.9 Å². The van der Waals surface area contributed by atoms with Crippen LogP contribution in [-0.2, 0) is 19.6 Å². The van der Waals surface area contributed by atoms with Crippen molar-refractivity contribution in [3.63, 3.8) is 0 Å². The average Bonchev–Trinajstić information content (AvgIpc) is 2.97. The number of fused-ring (bicyclic) bond motifs is 1. The van der Waals surface area contributed by atoms with Crippen molar-refractivity contribution in [2.75, 3.05) is 0 Å². The lowest BCUT2D eigenvalue weighted by Crippen LogP contribution is -2.04. The third kappa shape index (κ3) is 3.66. The summed E-state index contributed by atoms with van der Waals surface area (Å²) >= 11 is 0. The number of aliphatic hydroxyl groups excluding tert-OH is 1. The maximum Gasteiger partial charge on any atom is 0.0681 e. The quantitative estimate of drug-likeness (QED) is 0.646. The number of hydrogen-bond acceptors (Lipinski definition) is 1. The lowest BCUT2D eigenvalue weighted by Gasteiger charge is -2.11. The van der Waals surface area contributed by atoms with Crippen molar-refractivity contribution in [2.24, 2.45) is 0 Å². The van der Waals surface area contributed by atoms with Crippen LogP contribution in [0.5, 0.6) is 0 Å². The summed E-state index contributed by atoms with van der Waals surface area (Å²) in [7, 11) is 0. The van der Waals surface area contributed by atoms with E-state index in [-0.39, 0.29) is 6.61 Å². The molecule has 0 saturated heterocycles. The highest BCUT2D eigenvalue weighted by Crippen LogP contribution is 2.22. The van der Waals surface area contributed by atoms with Gasteiger partial charge in [0.2, 0.25) is 0 Å². The Bertz CT molecular complexity index is 871. The fourth-order valence-corrected chi connectivity index (χ4v) is 3.01. The van der Waals surface area contributed by atoms with Crippen molar-refractivity contribution in [1.82, 2.24) is 4.57 Å². The Hall–Kier alpha value is -2.58. The van der Waals surface area contributed by atoms with E-state index >= 15 is 0 Å². The van der Waals surface area contributed by atoms with Crippen LogP contribution in [0, 0.1) is 0 Å². The zero-order valence-electron chi connectivity index (χ0n) is 14.0. The summed E-state index contributed by atoms with van der Waals surface area (Å²) in [5.41, 5.74) is 4.72. The molecular formula is C22H23NO. The highest BCUT2D eigenvalue weighted by Gasteiger charge is 2.08. The minimum Gasteiger partial charge on any atom is -0.392 e. The van der Waals surface area contributed by atoms with Crippen LogP contribution in [0.2, 0.25) is 0 Å². The molecule has 1 aromatic heterocycles. The van der Waals surface area contributed by atoms with E-state index < -0.39 is 0 Å². The molecule has 24 heavy (non-hydrogen) atoms. The average molecular weight is 317 g/mol. The van der Waals surface area contributed by atoms with Crippen LogP contribution in [0.1, 0.15) is 23.7 Å². The molecular weight excluding hydrogens is 294 g/mol. The number of aromatic nitrogens is 1. The zero-order chi connectivity index (χ0) is 16.8. The van der Waals surface area contributed by atoms with Gasteiger partial charge in [-0.1, -0.05) is 66.8 Å². The molecule has 3 rings (SSSR count). The Morgan fingerprint density at radius 3 is 2.62 bits per heavy atom. The molecule has 0 radical (unpaired) electrons. The van der Waals surface area contributed by atoms with Gasteiger partial charge in [0.25, 0.3) is 0 Å². The van der Waals surface area contributed by atoms with Gasteiger partial charge in [0.05, 0.1) is 6.61 Å². The Labute approximate surface area is 143 Å². The first-order valence-electron chi connectivity index (χ1n) is 8.35. The molecule has 0 aliphatic heterocycles. The molecule has 122 valence electrons. The highest BCUT2D eigenvalue weighted by molar-refractivity contribution is 5.81. The molecule has 0 fully saturated rings. The first-order valence-corrected chi connectivity index (χ1v) is 8.35. The third-order valence-corrected chi connectivity index (χ3v) is 4.18. The first-order chi connectivity index (χ1) is 11.8. The second-order valence-electron chi connectivity index (χ2n) is 5.92. The second-order valence-corrected chi connectivity index (χ2v) is 5.92. The minimum atomic E-state index is 0.0826. The molecule has 0 atom stereocenters. The molecule has 0 aliphatic carbocycles. The van der Waals surface area contributed by atoms with Crippen LogP contribution in [0.4, 0.5) is 0 Å². The summed E-state index contributed by atoms with van der Waals surface area (Å²) in [6, 6.07) is 18.9. The Kier molecular flexibility index (Phi) is 5.29. The van der Waals surface area contributed by atoms with Gasteiger partial charge in [-0.15, -0.1) is 0 Å². The molecule has 0 bridgehead atoms. The zero-order valence-corrected chi connectivity index (χ0v) is 14.0. The number of rotatable bonds is 6. The van der Waals surface area contributed by atoms with Crippen molar-refractivity contribution in [1.29, 1.82) is 0 Å². The molecule has 0 unspecified atom stereocenters. The third-order valence-electron chi connectivity index (χ3n) is 4.18. The van der Waals surface area contributed by atoms with Crippen LogP contribution < -0.4 is 0 Å². The van der Waals surface area contributed by atoms with E-state index in [1.807, 2.05) is 25.1 Å². The summed E-state index contributed by atoms with van der Waals surface area (Å²) in [6.45, 7) is 2.92. The van der Waals surface area contributed by atoms with Gasteiger partial charge >= 0.3 is 0 Å². The molecule has 2 heteroatoms. The fraction of sp³-hybridized carbons (Fsp3) is 0.182. The summed E-state index contributed by atoms with van der Waals surface area (Å²) in [6.07, 6.45) is 9.27. The highest BCUT2D eigenvalue weighted by atomic mass is 16.3. The second kappa shape index (κ2) is 7.80. The molecule has 1 heterocycles. The summed E-state index contributed by atoms with van der Waals surface area (Å²) in [5, 5.41) is 10.6. The van der Waals surface area contributed by atoms with E-state index in [0.29, 0.717) is 0 Å². The molecule has 0 saturated carbocycles. The number of aliphatic hydroxyl groups is 1. The number of allylic oxidation sites excluding steroid dienone is 4. The normalized spacial score (nSPS) is 11.9. The topological polar surface area (TPSA) is 25.2 Å². The van der Waals surface area contributed by atoms with Crippen molar-refractivity contribution in [3.8, 4) is 0 Å². The van der Waals surface area contributed by atoms with Gasteiger partial charge in [0.15, 0.2) is 0 Å². The fourth-order valence-electron chi connectivity index (χ4n) is 3.01. The van der Waals surface area contributed by atoms with Crippen LogP contribution in [0.3, 0.4) is 0 Å². The van der Waals surface area contributed by atoms with Crippen LogP contribution in [0.25, 0.3) is 10.9 Å². The first kappa shape index (κ1) is 16.3. The van der Waals surface area contributed by atoms with Gasteiger partial charge in [-0.2, -0.15) is 0 Å². The van der Waals surface area contributed by atoms with Crippen LogP contribution in [0.15, 0.2) is 78.9 Å². The molecule has 2 aromatic carbocycles. The number of benzene rings is 2. The smallest absolute Gasteiger partial charge is 0.0681 e. The molecule has 2 nitrogen and oxygen atoms in total. The molecule has 0 amide bonds. The van der Waals surface area contributed by atoms with E-state index in [0.717, 1.165) is 18.5 Å². The number of nitrogens with zero attached hydrogens (tertiary/aromatic N) is 1. The van der Waals surface area contributed by atoms with Gasteiger partial charge in [-0.25, -0.2) is 0 Å². The van der Waals surface area contributed by atoms with Crippen molar-refractivity contribution < 1.29 is 5.11 Å². The molecule has 0 spiro atoms. The van der Waals surface area contributed by atoms with E-state index in [4.69, 9.17) is 0 Å². The van der Waals surface area contributed by atoms with Gasteiger partial charge in [-0.3, -0.25) is 0 Å². The van der Waals surface area contributed by atoms with E-state index in [1.165, 1.54) is 22.2 Å². The van der Waals surface area contributed by atoms with Gasteiger partial charge in [0.1, 0.15) is 0 Å². The Balaban J connectivity index is 1.97. The SMILES string of the molecule is C/C=C\C=C/Cc1cc2ccccc2n1Cc1cccc(CO)c1. The summed E-state index contributed by atoms with van der Waals surface area (Å²) in [5.74, 6) is 0. The van der Waals surface area contributed by atoms with Crippen molar-refractivity contribution in [3.05, 3.63) is 95.7 Å². The lowest BCUT2D eigenvalue weighted by atomic mass is 10.1. The molecule has 1 N–H and O–H groups in total. The van der Waals surface area contributed by atoms with E-state index in [2.05, 4.69) is 65.3 Å². The van der Waals surface area contributed by atoms with Gasteiger partial charge in [0, 0.05) is 24.2 Å². The molecule has 0 aliphatic rings. The van der Waals surface area contributed by atoms with Gasteiger partial charge < -0.3 is 9.67 Å². The number of para-hydroxylation sites is 1. The largest absolute Gasteiger partial charge is 0.392 e. The van der Waals surface area contributed by atoms with Gasteiger partial charge in [-0.05, 0) is 35.6 Å². The maximum atomic E-state index is 9.36. The lowest BCUT2D eigenvalue weighted by molar-refractivity contribution is 0.281. The summed E-state index contributed by atoms with van der Waals surface area (Å²) < 4.78 is 2.37. The van der Waals surface area contributed by atoms with E-state index in [1.54, 1.807) is 0 Å². The monoisotopic (exact) mass is 317 g/mol. The predicted molar refractivity (Wildman–Crippen MR) is 101 cm³/mol. The standard InChI is InChI=1S/C22H23NO/c1-2-3-4-5-12-21-15-20-11-6-7-13-22(20)23(21)16-18-9-8-10-19(14-18)17-24/h2-11,13-15,24H,12,16-17H2,1H3/b3-2-,5-4-.